The second-order valence-corrected chi connectivity index (χ2v) is 9.91. The number of H-pyrrole nitrogens is 2. The summed E-state index contributed by atoms with van der Waals surface area (Å²) in [6, 6.07) is 27.9. The van der Waals surface area contributed by atoms with Crippen LogP contribution < -0.4 is 0 Å². The van der Waals surface area contributed by atoms with Crippen LogP contribution in [0.1, 0.15) is 41.6 Å². The van der Waals surface area contributed by atoms with Crippen molar-refractivity contribution >= 4 is 27.4 Å². The summed E-state index contributed by atoms with van der Waals surface area (Å²) in [5.74, 6) is 0. The van der Waals surface area contributed by atoms with Crippen LogP contribution in [0.2, 0.25) is 0 Å². The van der Waals surface area contributed by atoms with E-state index in [1.54, 1.807) is 0 Å². The van der Waals surface area contributed by atoms with E-state index in [9.17, 15) is 0 Å². The second kappa shape index (κ2) is 9.59. The van der Waals surface area contributed by atoms with E-state index in [1.165, 1.54) is 49.8 Å². The number of rotatable bonds is 3. The van der Waals surface area contributed by atoms with Gasteiger partial charge in [-0.3, -0.25) is 4.90 Å². The molecule has 2 aromatic heterocycles. The van der Waals surface area contributed by atoms with Crippen LogP contribution in [-0.2, 0) is 5.54 Å². The Morgan fingerprint density at radius 1 is 0.771 bits per heavy atom. The van der Waals surface area contributed by atoms with Gasteiger partial charge in [0.2, 0.25) is 0 Å². The highest BCUT2D eigenvalue weighted by molar-refractivity contribution is 5.89. The first kappa shape index (κ1) is 23.2. The molecule has 2 N–H and O–H groups in total. The van der Waals surface area contributed by atoms with E-state index < -0.39 is 0 Å². The minimum atomic E-state index is 0.102. The molecule has 5 aromatic rings. The Morgan fingerprint density at radius 3 is 2.06 bits per heavy atom. The number of aryl methyl sites for hydroxylation is 2. The minimum absolute atomic E-state index is 0.102. The number of hydrogen-bond acceptors (Lipinski definition) is 1. The highest BCUT2D eigenvalue weighted by Gasteiger charge is 2.36. The Labute approximate surface area is 208 Å². The third-order valence-corrected chi connectivity index (χ3v) is 7.74. The van der Waals surface area contributed by atoms with Gasteiger partial charge >= 0.3 is 0 Å². The second-order valence-electron chi connectivity index (χ2n) is 9.91. The first-order valence-electron chi connectivity index (χ1n) is 12.5. The van der Waals surface area contributed by atoms with E-state index in [1.807, 2.05) is 12.3 Å². The van der Waals surface area contributed by atoms with E-state index in [2.05, 4.69) is 122 Å². The minimum Gasteiger partial charge on any atom is -0.361 e. The summed E-state index contributed by atoms with van der Waals surface area (Å²) in [5, 5.41) is 2.66. The molecule has 0 spiro atoms. The quantitative estimate of drug-likeness (QED) is 0.281. The number of allylic oxidation sites excluding steroid dienone is 1. The van der Waals surface area contributed by atoms with Crippen molar-refractivity contribution in [2.75, 3.05) is 14.1 Å². The molecule has 178 valence electrons. The van der Waals surface area contributed by atoms with Crippen molar-refractivity contribution in [2.45, 2.75) is 38.6 Å². The van der Waals surface area contributed by atoms with Gasteiger partial charge in [0.25, 0.3) is 0 Å². The van der Waals surface area contributed by atoms with Crippen LogP contribution in [-0.4, -0.2) is 29.0 Å². The number of aromatic nitrogens is 2. The molecule has 1 atom stereocenters. The van der Waals surface area contributed by atoms with Crippen LogP contribution in [0.4, 0.5) is 0 Å². The molecule has 3 nitrogen and oxygen atoms in total. The van der Waals surface area contributed by atoms with Gasteiger partial charge in [-0.25, -0.2) is 0 Å². The van der Waals surface area contributed by atoms with Gasteiger partial charge in [-0.2, -0.15) is 0 Å². The van der Waals surface area contributed by atoms with Crippen molar-refractivity contribution in [3.63, 3.8) is 0 Å². The third-order valence-electron chi connectivity index (χ3n) is 7.74. The van der Waals surface area contributed by atoms with Crippen molar-refractivity contribution in [1.82, 2.24) is 14.9 Å². The number of benzene rings is 3. The molecule has 0 bridgehead atoms. The molecule has 35 heavy (non-hydrogen) atoms. The smallest absolute Gasteiger partial charge is 0.0492 e. The molecule has 0 saturated carbocycles. The number of hydrogen-bond donors (Lipinski definition) is 2. The van der Waals surface area contributed by atoms with Gasteiger partial charge < -0.3 is 9.97 Å². The van der Waals surface area contributed by atoms with Crippen LogP contribution >= 0.6 is 0 Å². The molecule has 0 fully saturated rings. The summed E-state index contributed by atoms with van der Waals surface area (Å²) in [5.41, 5.74) is 9.45. The average Bonchev–Trinajstić information content (AvgIpc) is 3.45. The monoisotopic (exact) mass is 461 g/mol. The number of aromatic amines is 2. The molecule has 1 aliphatic rings. The molecule has 0 aliphatic heterocycles. The van der Waals surface area contributed by atoms with Crippen LogP contribution in [0.25, 0.3) is 27.4 Å². The first-order chi connectivity index (χ1) is 17.0. The average molecular weight is 462 g/mol. The lowest BCUT2D eigenvalue weighted by Gasteiger charge is -2.43. The zero-order valence-electron chi connectivity index (χ0n) is 21.2. The van der Waals surface area contributed by atoms with Crippen LogP contribution in [0.3, 0.4) is 0 Å². The van der Waals surface area contributed by atoms with Gasteiger partial charge in [0.1, 0.15) is 0 Å². The van der Waals surface area contributed by atoms with Crippen molar-refractivity contribution < 1.29 is 0 Å². The van der Waals surface area contributed by atoms with E-state index in [0.29, 0.717) is 0 Å². The first-order valence-corrected chi connectivity index (χ1v) is 12.5. The topological polar surface area (TPSA) is 34.8 Å². The molecule has 6 rings (SSSR count). The number of nitrogens with one attached hydrogen (secondary N) is 2. The molecule has 3 heteroatoms. The zero-order valence-corrected chi connectivity index (χ0v) is 21.2. The molecular weight excluding hydrogens is 426 g/mol. The summed E-state index contributed by atoms with van der Waals surface area (Å²) >= 11 is 0. The summed E-state index contributed by atoms with van der Waals surface area (Å²) in [7, 11) is 4.42. The molecule has 1 unspecified atom stereocenters. The summed E-state index contributed by atoms with van der Waals surface area (Å²) < 4.78 is 0. The molecule has 0 saturated heterocycles. The van der Waals surface area contributed by atoms with Crippen molar-refractivity contribution in [2.24, 2.45) is 0 Å². The lowest BCUT2D eigenvalue weighted by atomic mass is 9.75. The Hall–Kier alpha value is -3.56. The predicted octanol–water partition coefficient (Wildman–Crippen LogP) is 7.98. The zero-order chi connectivity index (χ0) is 24.4. The maximum Gasteiger partial charge on any atom is 0.0492 e. The molecule has 2 heterocycles. The van der Waals surface area contributed by atoms with E-state index in [-0.39, 0.29) is 5.54 Å². The molecule has 0 amide bonds. The number of para-hydroxylation sites is 2. The highest BCUT2D eigenvalue weighted by Crippen LogP contribution is 2.43. The Balaban J connectivity index is 0.000000211. The van der Waals surface area contributed by atoms with E-state index in [0.717, 1.165) is 19.3 Å². The SMILES string of the molecule is Cc1c(C2=CCC(c3ccccc3)(N(C)C)CC2)[nH]c2ccccc12.Cc1c[nH]c2ccccc12. The van der Waals surface area contributed by atoms with Gasteiger partial charge in [-0.05, 0) is 81.6 Å². The van der Waals surface area contributed by atoms with Gasteiger partial charge in [-0.1, -0.05) is 72.8 Å². The molecule has 0 radical (unpaired) electrons. The molecule has 3 aromatic carbocycles. The highest BCUT2D eigenvalue weighted by atomic mass is 15.1. The fraction of sp³-hybridized carbons (Fsp3) is 0.250. The van der Waals surface area contributed by atoms with Crippen molar-refractivity contribution in [3.8, 4) is 0 Å². The lowest BCUT2D eigenvalue weighted by molar-refractivity contribution is 0.138. The summed E-state index contributed by atoms with van der Waals surface area (Å²) in [4.78, 5) is 9.23. The van der Waals surface area contributed by atoms with Gasteiger partial charge in [0.15, 0.2) is 0 Å². The van der Waals surface area contributed by atoms with Crippen LogP contribution in [0.15, 0.2) is 91.1 Å². The normalized spacial score (nSPS) is 17.9. The standard InChI is InChI=1S/C23H26N2.C9H9N/c1-17-20-11-7-8-12-21(20)24-22(17)18-13-15-23(16-14-18,25(2)3)19-9-5-4-6-10-19;1-7-6-10-9-5-3-2-4-8(7)9/h4-13,24H,14-16H2,1-3H3;2-6,10H,1H3. The fourth-order valence-electron chi connectivity index (χ4n) is 5.56. The Morgan fingerprint density at radius 2 is 1.43 bits per heavy atom. The van der Waals surface area contributed by atoms with E-state index in [4.69, 9.17) is 0 Å². The van der Waals surface area contributed by atoms with Crippen LogP contribution in [0, 0.1) is 13.8 Å². The molecular formula is C32H35N3. The summed E-state index contributed by atoms with van der Waals surface area (Å²) in [6.45, 7) is 4.35. The van der Waals surface area contributed by atoms with Crippen LogP contribution in [0.5, 0.6) is 0 Å². The number of nitrogens with zero attached hydrogens (tertiary/aromatic N) is 1. The largest absolute Gasteiger partial charge is 0.361 e. The molecule has 1 aliphatic carbocycles. The van der Waals surface area contributed by atoms with Crippen molar-refractivity contribution in [3.05, 3.63) is 114 Å². The van der Waals surface area contributed by atoms with E-state index >= 15 is 0 Å². The fourth-order valence-corrected chi connectivity index (χ4v) is 5.56. The maximum atomic E-state index is 3.65. The Kier molecular flexibility index (Phi) is 6.36. The van der Waals surface area contributed by atoms with Gasteiger partial charge in [0, 0.05) is 39.2 Å². The van der Waals surface area contributed by atoms with Gasteiger partial charge in [0.05, 0.1) is 0 Å². The third kappa shape index (κ3) is 4.33. The lowest BCUT2D eigenvalue weighted by Crippen LogP contribution is -2.42. The van der Waals surface area contributed by atoms with Gasteiger partial charge in [-0.15, -0.1) is 0 Å². The van der Waals surface area contributed by atoms with Crippen molar-refractivity contribution in [1.29, 1.82) is 0 Å². The number of fused-ring (bicyclic) bond motifs is 2. The predicted molar refractivity (Wildman–Crippen MR) is 150 cm³/mol. The summed E-state index contributed by atoms with van der Waals surface area (Å²) in [6.07, 6.45) is 7.78. The Bertz CT molecular complexity index is 1470. The maximum absolute atomic E-state index is 3.65.